The first-order valence-electron chi connectivity index (χ1n) is 4.28. The lowest BCUT2D eigenvalue weighted by Gasteiger charge is -2.22. The summed E-state index contributed by atoms with van der Waals surface area (Å²) in [5, 5.41) is 8.35. The summed E-state index contributed by atoms with van der Waals surface area (Å²) in [4.78, 5) is 15.2. The van der Waals surface area contributed by atoms with Crippen molar-refractivity contribution in [1.82, 2.24) is 0 Å². The minimum absolute atomic E-state index is 0.125. The molecule has 0 rings (SSSR count). The first-order chi connectivity index (χ1) is 5.94. The molecule has 0 aromatic heterocycles. The zero-order valence-electron chi connectivity index (χ0n) is 8.66. The molecule has 0 aromatic rings. The van der Waals surface area contributed by atoms with Crippen molar-refractivity contribution in [2.45, 2.75) is 39.9 Å². The van der Waals surface area contributed by atoms with Crippen LogP contribution < -0.4 is 0 Å². The number of Topliss-reactive ketones (excluding diaryl/α,β-unsaturated/α-hetero) is 1. The van der Waals surface area contributed by atoms with Crippen LogP contribution in [0.25, 0.3) is 0 Å². The fourth-order valence-corrected chi connectivity index (χ4v) is 0.868. The Kier molecular flexibility index (Phi) is 5.13. The van der Waals surface area contributed by atoms with Gasteiger partial charge in [0.2, 0.25) is 0 Å². The molecule has 4 nitrogen and oxygen atoms in total. The SMILES string of the molecule is COC(CCC(C)(C)C(C)=O)OO. The van der Waals surface area contributed by atoms with Crippen molar-refractivity contribution in [3.63, 3.8) is 0 Å². The molecule has 0 bridgehead atoms. The van der Waals surface area contributed by atoms with Gasteiger partial charge in [0.05, 0.1) is 0 Å². The molecule has 0 aromatic carbocycles. The van der Waals surface area contributed by atoms with E-state index in [9.17, 15) is 4.79 Å². The van der Waals surface area contributed by atoms with Crippen LogP contribution in [0.4, 0.5) is 0 Å². The molecule has 0 heterocycles. The van der Waals surface area contributed by atoms with Crippen molar-refractivity contribution < 1.29 is 19.7 Å². The predicted molar refractivity (Wildman–Crippen MR) is 48.2 cm³/mol. The van der Waals surface area contributed by atoms with Crippen molar-refractivity contribution in [2.24, 2.45) is 5.41 Å². The highest BCUT2D eigenvalue weighted by molar-refractivity contribution is 5.81. The van der Waals surface area contributed by atoms with Gasteiger partial charge >= 0.3 is 0 Å². The van der Waals surface area contributed by atoms with E-state index in [0.717, 1.165) is 0 Å². The summed E-state index contributed by atoms with van der Waals surface area (Å²) in [6.45, 7) is 5.28. The highest BCUT2D eigenvalue weighted by Gasteiger charge is 2.25. The molecule has 1 N–H and O–H groups in total. The summed E-state index contributed by atoms with van der Waals surface area (Å²) in [7, 11) is 1.45. The highest BCUT2D eigenvalue weighted by atomic mass is 17.1. The van der Waals surface area contributed by atoms with Gasteiger partial charge in [0.1, 0.15) is 5.78 Å². The molecule has 0 saturated carbocycles. The van der Waals surface area contributed by atoms with E-state index in [-0.39, 0.29) is 11.2 Å². The van der Waals surface area contributed by atoms with Crippen LogP contribution >= 0.6 is 0 Å². The van der Waals surface area contributed by atoms with Crippen LogP contribution in [-0.2, 0) is 14.4 Å². The van der Waals surface area contributed by atoms with Crippen LogP contribution in [0.5, 0.6) is 0 Å². The molecule has 0 fully saturated rings. The van der Waals surface area contributed by atoms with E-state index in [4.69, 9.17) is 9.99 Å². The number of rotatable bonds is 6. The lowest BCUT2D eigenvalue weighted by molar-refractivity contribution is -0.342. The van der Waals surface area contributed by atoms with Gasteiger partial charge in [0, 0.05) is 18.9 Å². The minimum atomic E-state index is -0.640. The van der Waals surface area contributed by atoms with E-state index in [0.29, 0.717) is 12.8 Å². The van der Waals surface area contributed by atoms with Gasteiger partial charge in [-0.3, -0.25) is 4.79 Å². The van der Waals surface area contributed by atoms with Gasteiger partial charge in [-0.1, -0.05) is 13.8 Å². The average Bonchev–Trinajstić information content (AvgIpc) is 2.06. The largest absolute Gasteiger partial charge is 0.353 e. The van der Waals surface area contributed by atoms with Crippen LogP contribution in [0.15, 0.2) is 0 Å². The molecule has 0 saturated heterocycles. The summed E-state index contributed by atoms with van der Waals surface area (Å²) in [5.74, 6) is 0.125. The summed E-state index contributed by atoms with van der Waals surface area (Å²) < 4.78 is 4.79. The topological polar surface area (TPSA) is 55.8 Å². The number of ketones is 1. The molecule has 0 amide bonds. The maximum Gasteiger partial charge on any atom is 0.190 e. The van der Waals surface area contributed by atoms with E-state index in [2.05, 4.69) is 4.89 Å². The average molecular weight is 190 g/mol. The van der Waals surface area contributed by atoms with Gasteiger partial charge < -0.3 is 4.74 Å². The highest BCUT2D eigenvalue weighted by Crippen LogP contribution is 2.24. The number of carbonyl (C=O) groups is 1. The van der Waals surface area contributed by atoms with E-state index < -0.39 is 6.29 Å². The number of methoxy groups -OCH3 is 1. The van der Waals surface area contributed by atoms with Crippen molar-refractivity contribution in [3.05, 3.63) is 0 Å². The first-order valence-corrected chi connectivity index (χ1v) is 4.28. The number of hydrogen-bond donors (Lipinski definition) is 1. The van der Waals surface area contributed by atoms with Crippen LogP contribution in [0.2, 0.25) is 0 Å². The van der Waals surface area contributed by atoms with Gasteiger partial charge in [0.25, 0.3) is 0 Å². The third-order valence-corrected chi connectivity index (χ3v) is 2.34. The maximum atomic E-state index is 11.1. The van der Waals surface area contributed by atoms with E-state index >= 15 is 0 Å². The molecule has 13 heavy (non-hydrogen) atoms. The smallest absolute Gasteiger partial charge is 0.190 e. The van der Waals surface area contributed by atoms with Crippen molar-refractivity contribution in [1.29, 1.82) is 0 Å². The lowest BCUT2D eigenvalue weighted by Crippen LogP contribution is -2.24. The molecule has 0 spiro atoms. The van der Waals surface area contributed by atoms with Crippen LogP contribution in [0, 0.1) is 5.41 Å². The zero-order chi connectivity index (χ0) is 10.5. The molecule has 78 valence electrons. The Balaban J connectivity index is 3.92. The molecule has 0 aliphatic carbocycles. The molecule has 0 aliphatic heterocycles. The van der Waals surface area contributed by atoms with E-state index in [1.807, 2.05) is 13.8 Å². The fraction of sp³-hybridized carbons (Fsp3) is 0.889. The second kappa shape index (κ2) is 5.32. The van der Waals surface area contributed by atoms with Gasteiger partial charge in [-0.25, -0.2) is 10.1 Å². The second-order valence-electron chi connectivity index (χ2n) is 3.75. The first kappa shape index (κ1) is 12.6. The Labute approximate surface area is 78.8 Å². The molecule has 1 unspecified atom stereocenters. The summed E-state index contributed by atoms with van der Waals surface area (Å²) in [6, 6.07) is 0. The van der Waals surface area contributed by atoms with Crippen LogP contribution in [0.3, 0.4) is 0 Å². The lowest BCUT2D eigenvalue weighted by atomic mass is 9.84. The summed E-state index contributed by atoms with van der Waals surface area (Å²) in [6.07, 6.45) is 0.486. The third-order valence-electron chi connectivity index (χ3n) is 2.34. The van der Waals surface area contributed by atoms with Crippen molar-refractivity contribution >= 4 is 5.78 Å². The second-order valence-corrected chi connectivity index (χ2v) is 3.75. The van der Waals surface area contributed by atoms with Gasteiger partial charge in [-0.2, -0.15) is 0 Å². The predicted octanol–water partition coefficient (Wildman–Crippen LogP) is 1.84. The Bertz CT molecular complexity index is 161. The van der Waals surface area contributed by atoms with Gasteiger partial charge in [-0.15, -0.1) is 0 Å². The number of carbonyl (C=O) groups excluding carboxylic acids is 1. The maximum absolute atomic E-state index is 11.1. The molecular formula is C9H18O4. The molecule has 0 aliphatic rings. The van der Waals surface area contributed by atoms with E-state index in [1.54, 1.807) is 6.92 Å². The third kappa shape index (κ3) is 4.36. The normalized spacial score (nSPS) is 14.2. The minimum Gasteiger partial charge on any atom is -0.353 e. The van der Waals surface area contributed by atoms with Crippen LogP contribution in [0.1, 0.15) is 33.6 Å². The molecule has 1 atom stereocenters. The summed E-state index contributed by atoms with van der Waals surface area (Å²) in [5.41, 5.74) is -0.380. The van der Waals surface area contributed by atoms with Gasteiger partial charge in [0.15, 0.2) is 6.29 Å². The molecule has 0 radical (unpaired) electrons. The van der Waals surface area contributed by atoms with Gasteiger partial charge in [-0.05, 0) is 13.3 Å². The van der Waals surface area contributed by atoms with Crippen molar-refractivity contribution in [2.75, 3.05) is 7.11 Å². The molecular weight excluding hydrogens is 172 g/mol. The Morgan fingerprint density at radius 1 is 1.54 bits per heavy atom. The summed E-state index contributed by atoms with van der Waals surface area (Å²) >= 11 is 0. The standard InChI is InChI=1S/C9H18O4/c1-7(10)9(2,3)6-5-8(12-4)13-11/h8,11H,5-6H2,1-4H3. The van der Waals surface area contributed by atoms with E-state index in [1.165, 1.54) is 7.11 Å². The molecule has 4 heteroatoms. The van der Waals surface area contributed by atoms with Crippen LogP contribution in [-0.4, -0.2) is 24.4 Å². The Hall–Kier alpha value is -0.450. The quantitative estimate of drug-likeness (QED) is 0.394. The van der Waals surface area contributed by atoms with Crippen molar-refractivity contribution in [3.8, 4) is 0 Å². The number of hydrogen-bond acceptors (Lipinski definition) is 4. The zero-order valence-corrected chi connectivity index (χ0v) is 8.66. The Morgan fingerprint density at radius 3 is 2.38 bits per heavy atom. The monoisotopic (exact) mass is 190 g/mol. The fourth-order valence-electron chi connectivity index (χ4n) is 0.868. The Morgan fingerprint density at radius 2 is 2.08 bits per heavy atom. The number of ether oxygens (including phenoxy) is 1.